The zero-order chi connectivity index (χ0) is 15.3. The van der Waals surface area contributed by atoms with Crippen LogP contribution in [0, 0.1) is 5.41 Å². The molecule has 110 valence electrons. The molecule has 1 N–H and O–H groups in total. The second kappa shape index (κ2) is 7.33. The van der Waals surface area contributed by atoms with Gasteiger partial charge in [-0.05, 0) is 34.6 Å². The molecule has 1 unspecified atom stereocenters. The maximum atomic E-state index is 11.9. The lowest BCUT2D eigenvalue weighted by Crippen LogP contribution is -2.38. The van der Waals surface area contributed by atoms with Crippen LogP contribution >= 0.6 is 20.0 Å². The van der Waals surface area contributed by atoms with Gasteiger partial charge in [0.05, 0.1) is 0 Å². The molecule has 0 amide bonds. The van der Waals surface area contributed by atoms with E-state index in [2.05, 4.69) is 4.52 Å². The summed E-state index contributed by atoms with van der Waals surface area (Å²) >= 11 is 0.875. The predicted octanol–water partition coefficient (Wildman–Crippen LogP) is 2.28. The summed E-state index contributed by atoms with van der Waals surface area (Å²) in [6.07, 6.45) is 0. The van der Waals surface area contributed by atoms with Crippen molar-refractivity contribution in [1.82, 2.24) is 0 Å². The first-order valence-corrected chi connectivity index (χ1v) is 7.78. The van der Waals surface area contributed by atoms with Crippen molar-refractivity contribution in [3.05, 3.63) is 0 Å². The van der Waals surface area contributed by atoms with Gasteiger partial charge in [-0.2, -0.15) is 0 Å². The molecule has 6 nitrogen and oxygen atoms in total. The Balaban J connectivity index is 4.35. The van der Waals surface area contributed by atoms with E-state index in [0.29, 0.717) is 0 Å². The Hall–Kier alpha value is -0.490. The molecule has 0 radical (unpaired) electrons. The molecule has 0 aliphatic carbocycles. The summed E-state index contributed by atoms with van der Waals surface area (Å²) in [5.41, 5.74) is -1.92. The van der Waals surface area contributed by atoms with E-state index in [1.165, 1.54) is 13.8 Å². The number of hydrogen-bond acceptors (Lipinski definition) is 6. The van der Waals surface area contributed by atoms with Gasteiger partial charge < -0.3 is 4.74 Å². The standard InChI is InChI=1S/C11H19O6PS/c1-10(2,3)17-8(12)11(4,5)9(13)19-7-6-16-18(14)15/h6-7H2,1-5H3/p+1. The molecule has 8 heteroatoms. The molecule has 0 saturated heterocycles. The fraction of sp³-hybridized carbons (Fsp3) is 0.818. The Labute approximate surface area is 118 Å². The van der Waals surface area contributed by atoms with Crippen LogP contribution in [-0.2, 0) is 23.4 Å². The van der Waals surface area contributed by atoms with Crippen LogP contribution < -0.4 is 0 Å². The minimum Gasteiger partial charge on any atom is -0.459 e. The Kier molecular flexibility index (Phi) is 7.15. The van der Waals surface area contributed by atoms with Gasteiger partial charge in [-0.25, -0.2) is 0 Å². The molecule has 0 heterocycles. The highest BCUT2D eigenvalue weighted by Gasteiger charge is 2.39. The minimum atomic E-state index is -2.66. The smallest absolute Gasteiger partial charge is 0.459 e. The van der Waals surface area contributed by atoms with E-state index in [0.717, 1.165) is 11.8 Å². The second-order valence-corrected chi connectivity index (χ2v) is 7.14. The SMILES string of the molecule is CC(C)(C)OC(=O)C(C)(C)C(=O)SCCO[P+](=O)O. The Morgan fingerprint density at radius 1 is 1.21 bits per heavy atom. The van der Waals surface area contributed by atoms with Gasteiger partial charge in [0, 0.05) is 10.3 Å². The third-order valence-electron chi connectivity index (χ3n) is 1.94. The molecule has 1 atom stereocenters. The molecule has 0 aromatic heterocycles. The molecular formula is C11H20O6PS+. The lowest BCUT2D eigenvalue weighted by molar-refractivity contribution is -0.166. The van der Waals surface area contributed by atoms with Crippen molar-refractivity contribution in [2.75, 3.05) is 12.4 Å². The third kappa shape index (κ3) is 7.62. The van der Waals surface area contributed by atoms with Crippen molar-refractivity contribution in [3.8, 4) is 0 Å². The first-order chi connectivity index (χ1) is 8.47. The highest BCUT2D eigenvalue weighted by atomic mass is 32.2. The molecular weight excluding hydrogens is 291 g/mol. The molecule has 0 bridgehead atoms. The quantitative estimate of drug-likeness (QED) is 0.348. The lowest BCUT2D eigenvalue weighted by atomic mass is 9.95. The van der Waals surface area contributed by atoms with Crippen LogP contribution in [0.5, 0.6) is 0 Å². The number of rotatable bonds is 6. The van der Waals surface area contributed by atoms with E-state index in [-0.39, 0.29) is 17.5 Å². The van der Waals surface area contributed by atoms with Crippen LogP contribution in [0.2, 0.25) is 0 Å². The maximum Gasteiger partial charge on any atom is 0.694 e. The summed E-state index contributed by atoms with van der Waals surface area (Å²) in [5.74, 6) is -0.390. The number of carbonyl (C=O) groups is 2. The fourth-order valence-electron chi connectivity index (χ4n) is 0.919. The van der Waals surface area contributed by atoms with Crippen LogP contribution in [0.25, 0.3) is 0 Å². The molecule has 0 aromatic rings. The number of thioether (sulfide) groups is 1. The van der Waals surface area contributed by atoms with Gasteiger partial charge in [-0.15, -0.1) is 9.42 Å². The highest BCUT2D eigenvalue weighted by Crippen LogP contribution is 2.28. The fourth-order valence-corrected chi connectivity index (χ4v) is 2.09. The summed E-state index contributed by atoms with van der Waals surface area (Å²) in [4.78, 5) is 32.2. The van der Waals surface area contributed by atoms with Crippen molar-refractivity contribution in [2.45, 2.75) is 40.2 Å². The first kappa shape index (κ1) is 18.5. The molecule has 0 rings (SSSR count). The van der Waals surface area contributed by atoms with Gasteiger partial charge in [0.15, 0.2) is 0 Å². The van der Waals surface area contributed by atoms with E-state index in [1.807, 2.05) is 0 Å². The Bertz CT molecular complexity index is 361. The van der Waals surface area contributed by atoms with Crippen molar-refractivity contribution in [3.63, 3.8) is 0 Å². The minimum absolute atomic E-state index is 0.0352. The number of ether oxygens (including phenoxy) is 1. The summed E-state index contributed by atoms with van der Waals surface area (Å²) in [5, 5.41) is -0.362. The molecule has 0 aliphatic rings. The van der Waals surface area contributed by atoms with Crippen molar-refractivity contribution in [1.29, 1.82) is 0 Å². The third-order valence-corrected chi connectivity index (χ3v) is 3.48. The number of carbonyl (C=O) groups excluding carboxylic acids is 2. The lowest BCUT2D eigenvalue weighted by Gasteiger charge is -2.27. The first-order valence-electron chi connectivity index (χ1n) is 5.66. The molecule has 0 aliphatic heterocycles. The van der Waals surface area contributed by atoms with E-state index in [1.54, 1.807) is 20.8 Å². The van der Waals surface area contributed by atoms with Gasteiger partial charge in [0.2, 0.25) is 5.12 Å². The largest absolute Gasteiger partial charge is 0.694 e. The van der Waals surface area contributed by atoms with Crippen molar-refractivity contribution in [2.24, 2.45) is 5.41 Å². The topological polar surface area (TPSA) is 89.9 Å². The van der Waals surface area contributed by atoms with Crippen molar-refractivity contribution < 1.29 is 28.3 Å². The van der Waals surface area contributed by atoms with Crippen LogP contribution in [0.4, 0.5) is 0 Å². The Morgan fingerprint density at radius 3 is 2.16 bits per heavy atom. The predicted molar refractivity (Wildman–Crippen MR) is 72.9 cm³/mol. The highest BCUT2D eigenvalue weighted by molar-refractivity contribution is 8.13. The summed E-state index contributed by atoms with van der Waals surface area (Å²) in [7, 11) is -2.66. The van der Waals surface area contributed by atoms with Crippen LogP contribution in [0.15, 0.2) is 0 Å². The van der Waals surface area contributed by atoms with Crippen LogP contribution in [0.3, 0.4) is 0 Å². The van der Waals surface area contributed by atoms with Gasteiger partial charge in [0.25, 0.3) is 0 Å². The zero-order valence-corrected chi connectivity index (χ0v) is 13.5. The average Bonchev–Trinajstić information content (AvgIpc) is 2.21. The maximum absolute atomic E-state index is 11.9. The van der Waals surface area contributed by atoms with E-state index in [9.17, 15) is 14.2 Å². The van der Waals surface area contributed by atoms with Gasteiger partial charge in [0.1, 0.15) is 17.6 Å². The summed E-state index contributed by atoms with van der Waals surface area (Å²) in [6, 6.07) is 0. The van der Waals surface area contributed by atoms with Crippen molar-refractivity contribution >= 4 is 31.1 Å². The number of hydrogen-bond donors (Lipinski definition) is 1. The number of esters is 1. The van der Waals surface area contributed by atoms with Gasteiger partial charge >= 0.3 is 14.2 Å². The monoisotopic (exact) mass is 311 g/mol. The van der Waals surface area contributed by atoms with Gasteiger partial charge in [-0.1, -0.05) is 11.8 Å². The summed E-state index contributed by atoms with van der Waals surface area (Å²) in [6.45, 7) is 8.12. The summed E-state index contributed by atoms with van der Waals surface area (Å²) < 4.78 is 19.9. The van der Waals surface area contributed by atoms with Gasteiger partial charge in [-0.3, -0.25) is 9.59 Å². The van der Waals surface area contributed by atoms with E-state index in [4.69, 9.17) is 9.63 Å². The zero-order valence-electron chi connectivity index (χ0n) is 11.8. The molecule has 0 spiro atoms. The average molecular weight is 311 g/mol. The molecule has 0 aromatic carbocycles. The van der Waals surface area contributed by atoms with E-state index < -0.39 is 25.2 Å². The van der Waals surface area contributed by atoms with E-state index >= 15 is 0 Å². The van der Waals surface area contributed by atoms with Crippen LogP contribution in [-0.4, -0.2) is 33.9 Å². The normalized spacial score (nSPS) is 13.1. The van der Waals surface area contributed by atoms with Crippen LogP contribution in [0.1, 0.15) is 34.6 Å². The Morgan fingerprint density at radius 2 is 1.74 bits per heavy atom. The molecule has 19 heavy (non-hydrogen) atoms. The molecule has 0 fully saturated rings. The molecule has 0 saturated carbocycles. The second-order valence-electron chi connectivity index (χ2n) is 5.33.